The molecule has 2 aromatic carbocycles. The Morgan fingerprint density at radius 2 is 1.83 bits per heavy atom. The van der Waals surface area contributed by atoms with Gasteiger partial charge in [0, 0.05) is 24.2 Å². The molecule has 162 valence electrons. The molecule has 0 aliphatic carbocycles. The third kappa shape index (κ3) is 5.28. The van der Waals surface area contributed by atoms with Crippen LogP contribution in [-0.2, 0) is 17.0 Å². The number of hydrogen-bond donors (Lipinski definition) is 2. The number of aromatic carboxylic acids is 1. The van der Waals surface area contributed by atoms with Crippen molar-refractivity contribution in [3.8, 4) is 0 Å². The highest BCUT2D eigenvalue weighted by Crippen LogP contribution is 2.38. The van der Waals surface area contributed by atoms with Crippen LogP contribution in [0.4, 0.5) is 24.5 Å². The molecule has 1 aliphatic rings. The van der Waals surface area contributed by atoms with E-state index in [1.807, 2.05) is 4.90 Å². The van der Waals surface area contributed by atoms with Crippen molar-refractivity contribution in [2.75, 3.05) is 29.0 Å². The number of halogens is 3. The summed E-state index contributed by atoms with van der Waals surface area (Å²) < 4.78 is 54.8. The zero-order valence-electron chi connectivity index (χ0n) is 16.2. The van der Waals surface area contributed by atoms with Gasteiger partial charge in [0.05, 0.1) is 38.2 Å². The van der Waals surface area contributed by atoms with Crippen LogP contribution in [0.15, 0.2) is 46.2 Å². The molecule has 0 spiro atoms. The average molecular weight is 459 g/mol. The number of benzene rings is 2. The number of rotatable bonds is 6. The molecule has 0 bridgehead atoms. The Morgan fingerprint density at radius 3 is 2.43 bits per heavy atom. The van der Waals surface area contributed by atoms with Crippen LogP contribution in [0.5, 0.6) is 0 Å². The first kappa shape index (κ1) is 22.5. The number of carboxylic acids is 1. The highest BCUT2D eigenvalue weighted by molar-refractivity contribution is 8.01. The summed E-state index contributed by atoms with van der Waals surface area (Å²) in [5, 5.41) is 9.23. The molecule has 3 rings (SSSR count). The molecule has 2 N–H and O–H groups in total. The average Bonchev–Trinajstić information content (AvgIpc) is 2.71. The molecule has 1 fully saturated rings. The van der Waals surface area contributed by atoms with E-state index in [-0.39, 0.29) is 11.3 Å². The molecule has 1 atom stereocenters. The highest BCUT2D eigenvalue weighted by atomic mass is 32.2. The Hall–Kier alpha value is -2.20. The van der Waals surface area contributed by atoms with Crippen molar-refractivity contribution < 1.29 is 27.3 Å². The number of alkyl halides is 3. The van der Waals surface area contributed by atoms with E-state index in [0.29, 0.717) is 15.5 Å². The first-order valence-corrected chi connectivity index (χ1v) is 11.6. The zero-order chi connectivity index (χ0) is 21.9. The molecule has 0 radical (unpaired) electrons. The van der Waals surface area contributed by atoms with Gasteiger partial charge in [-0.2, -0.15) is 13.2 Å². The van der Waals surface area contributed by atoms with E-state index in [0.717, 1.165) is 56.4 Å². The summed E-state index contributed by atoms with van der Waals surface area (Å²) in [5.41, 5.74) is 0.174. The topological polar surface area (TPSA) is 69.6 Å². The lowest BCUT2D eigenvalue weighted by Gasteiger charge is -2.31. The fourth-order valence-corrected chi connectivity index (χ4v) is 5.09. The van der Waals surface area contributed by atoms with Gasteiger partial charge in [-0.05, 0) is 67.6 Å². The predicted octanol–water partition coefficient (Wildman–Crippen LogP) is 5.25. The molecule has 2 aromatic rings. The number of piperidine rings is 1. The van der Waals surface area contributed by atoms with Crippen LogP contribution in [-0.4, -0.2) is 34.6 Å². The molecule has 5 nitrogen and oxygen atoms in total. The summed E-state index contributed by atoms with van der Waals surface area (Å²) in [5.74, 6) is -1.14. The molecule has 1 aliphatic heterocycles. The Bertz CT molecular complexity index is 961. The number of nitrogens with zero attached hydrogens (tertiary/aromatic N) is 1. The van der Waals surface area contributed by atoms with E-state index in [9.17, 15) is 27.3 Å². The lowest BCUT2D eigenvalue weighted by molar-refractivity contribution is -0.137. The van der Waals surface area contributed by atoms with Crippen LogP contribution in [0.25, 0.3) is 0 Å². The highest BCUT2D eigenvalue weighted by Gasteiger charge is 2.31. The van der Waals surface area contributed by atoms with Crippen LogP contribution in [0.1, 0.15) is 35.2 Å². The first-order chi connectivity index (χ1) is 14.2. The summed E-state index contributed by atoms with van der Waals surface area (Å²) in [6, 6.07) is 7.76. The van der Waals surface area contributed by atoms with Gasteiger partial charge in [-0.3, -0.25) is 4.21 Å². The van der Waals surface area contributed by atoms with E-state index in [1.54, 1.807) is 0 Å². The van der Waals surface area contributed by atoms with E-state index < -0.39 is 28.5 Å². The fourth-order valence-electron chi connectivity index (χ4n) is 3.27. The lowest BCUT2D eigenvalue weighted by Crippen LogP contribution is -2.30. The molecular weight excluding hydrogens is 437 g/mol. The van der Waals surface area contributed by atoms with Crippen molar-refractivity contribution in [2.45, 2.75) is 35.2 Å². The Labute approximate surface area is 179 Å². The zero-order valence-corrected chi connectivity index (χ0v) is 17.8. The summed E-state index contributed by atoms with van der Waals surface area (Å²) >= 11 is 0.957. The van der Waals surface area contributed by atoms with Crippen LogP contribution in [0.3, 0.4) is 0 Å². The molecule has 0 aromatic heterocycles. The van der Waals surface area contributed by atoms with Gasteiger partial charge in [-0.15, -0.1) is 0 Å². The van der Waals surface area contributed by atoms with E-state index in [1.165, 1.54) is 30.5 Å². The molecule has 0 amide bonds. The van der Waals surface area contributed by atoms with Gasteiger partial charge in [-0.25, -0.2) is 4.79 Å². The smallest absolute Gasteiger partial charge is 0.416 e. The standard InChI is InChI=1S/C20H21F3N2O3S2/c1-30(28)18-8-5-13(19(26)27)11-17(18)29-24-15-12-14(20(21,22)23)6-7-16(15)25-9-3-2-4-10-25/h5-8,11-12,24H,2-4,9-10H2,1H3,(H,26,27). The van der Waals surface area contributed by atoms with Crippen molar-refractivity contribution in [3.05, 3.63) is 47.5 Å². The molecule has 10 heteroatoms. The van der Waals surface area contributed by atoms with E-state index in [2.05, 4.69) is 4.72 Å². The van der Waals surface area contributed by atoms with Crippen molar-refractivity contribution in [2.24, 2.45) is 0 Å². The van der Waals surface area contributed by atoms with Crippen LogP contribution in [0, 0.1) is 0 Å². The van der Waals surface area contributed by atoms with Gasteiger partial charge in [0.1, 0.15) is 0 Å². The second-order valence-electron chi connectivity index (χ2n) is 6.90. The molecular formula is C20H21F3N2O3S2. The first-order valence-electron chi connectivity index (χ1n) is 9.26. The Morgan fingerprint density at radius 1 is 1.13 bits per heavy atom. The number of anilines is 2. The Kier molecular flexibility index (Phi) is 6.97. The summed E-state index contributed by atoms with van der Waals surface area (Å²) in [7, 11) is -1.39. The maximum Gasteiger partial charge on any atom is 0.416 e. The number of carboxylic acid groups (broad SMARTS) is 1. The lowest BCUT2D eigenvalue weighted by atomic mass is 10.1. The molecule has 1 unspecified atom stereocenters. The van der Waals surface area contributed by atoms with Crippen LogP contribution < -0.4 is 9.62 Å². The molecule has 1 heterocycles. The van der Waals surface area contributed by atoms with Gasteiger partial charge in [0.25, 0.3) is 0 Å². The van der Waals surface area contributed by atoms with Crippen molar-refractivity contribution in [1.29, 1.82) is 0 Å². The minimum absolute atomic E-state index is 0.00814. The van der Waals surface area contributed by atoms with Crippen molar-refractivity contribution >= 4 is 40.1 Å². The van der Waals surface area contributed by atoms with Crippen molar-refractivity contribution in [1.82, 2.24) is 0 Å². The Balaban J connectivity index is 1.96. The third-order valence-corrected chi connectivity index (χ3v) is 6.78. The maximum atomic E-state index is 13.3. The number of carbonyl (C=O) groups is 1. The monoisotopic (exact) mass is 458 g/mol. The minimum Gasteiger partial charge on any atom is -0.478 e. The minimum atomic E-state index is -4.49. The quantitative estimate of drug-likeness (QED) is 0.576. The molecule has 30 heavy (non-hydrogen) atoms. The normalized spacial score (nSPS) is 15.7. The molecule has 1 saturated heterocycles. The van der Waals surface area contributed by atoms with Gasteiger partial charge >= 0.3 is 12.1 Å². The number of nitrogens with one attached hydrogen (secondary N) is 1. The van der Waals surface area contributed by atoms with Crippen molar-refractivity contribution in [3.63, 3.8) is 0 Å². The summed E-state index contributed by atoms with van der Waals surface area (Å²) in [6.07, 6.45) is -0.00710. The van der Waals surface area contributed by atoms with Gasteiger partial charge in [-0.1, -0.05) is 0 Å². The van der Waals surface area contributed by atoms with Crippen LogP contribution >= 0.6 is 11.9 Å². The maximum absolute atomic E-state index is 13.3. The van der Waals surface area contributed by atoms with Gasteiger partial charge in [0.2, 0.25) is 0 Å². The SMILES string of the molecule is CS(=O)c1ccc(C(=O)O)cc1SNc1cc(C(F)(F)F)ccc1N1CCCCC1. The number of hydrogen-bond acceptors (Lipinski definition) is 5. The van der Waals surface area contributed by atoms with E-state index >= 15 is 0 Å². The fraction of sp³-hybridized carbons (Fsp3) is 0.350. The second-order valence-corrected chi connectivity index (χ2v) is 9.10. The predicted molar refractivity (Wildman–Crippen MR) is 113 cm³/mol. The summed E-state index contributed by atoms with van der Waals surface area (Å²) in [6.45, 7) is 1.51. The van der Waals surface area contributed by atoms with E-state index in [4.69, 9.17) is 0 Å². The van der Waals surface area contributed by atoms with Gasteiger partial charge < -0.3 is 14.7 Å². The second kappa shape index (κ2) is 9.30. The van der Waals surface area contributed by atoms with Crippen LogP contribution in [0.2, 0.25) is 0 Å². The van der Waals surface area contributed by atoms with Gasteiger partial charge in [0.15, 0.2) is 0 Å². The molecule has 0 saturated carbocycles. The summed E-state index contributed by atoms with van der Waals surface area (Å²) in [4.78, 5) is 14.1. The largest absolute Gasteiger partial charge is 0.478 e. The third-order valence-electron chi connectivity index (χ3n) is 4.79.